The van der Waals surface area contributed by atoms with Crippen molar-refractivity contribution in [2.45, 2.75) is 32.6 Å². The van der Waals surface area contributed by atoms with E-state index >= 15 is 0 Å². The predicted octanol–water partition coefficient (Wildman–Crippen LogP) is 0.531. The van der Waals surface area contributed by atoms with Crippen LogP contribution in [0.4, 0.5) is 0 Å². The molecule has 0 saturated carbocycles. The molecule has 0 bridgehead atoms. The van der Waals surface area contributed by atoms with Gasteiger partial charge in [-0.3, -0.25) is 14.6 Å². The highest BCUT2D eigenvalue weighted by Crippen LogP contribution is 2.34. The van der Waals surface area contributed by atoms with Gasteiger partial charge in [-0.05, 0) is 19.8 Å². The Morgan fingerprint density at radius 2 is 1.76 bits per heavy atom. The van der Waals surface area contributed by atoms with E-state index in [1.165, 1.54) is 6.92 Å². The molecule has 0 spiro atoms. The Morgan fingerprint density at radius 1 is 1.18 bits per heavy atom. The van der Waals surface area contributed by atoms with Gasteiger partial charge in [-0.1, -0.05) is 0 Å². The second-order valence-electron chi connectivity index (χ2n) is 3.81. The molecule has 1 amide bonds. The maximum atomic E-state index is 11.3. The number of Topliss-reactive ketones (excluding diaryl/α,β-unsaturated/α-hetero) is 1. The zero-order valence-corrected chi connectivity index (χ0v) is 10.6. The summed E-state index contributed by atoms with van der Waals surface area (Å²) in [5.41, 5.74) is 0. The van der Waals surface area contributed by atoms with E-state index in [0.29, 0.717) is 11.5 Å². The minimum Gasteiger partial charge on any atom is -0.324 e. The van der Waals surface area contributed by atoms with Crippen LogP contribution >= 0.6 is 7.60 Å². The van der Waals surface area contributed by atoms with Gasteiger partial charge in [0.2, 0.25) is 5.91 Å². The van der Waals surface area contributed by atoms with E-state index in [0.717, 1.165) is 0 Å². The van der Waals surface area contributed by atoms with E-state index in [2.05, 4.69) is 0 Å². The molecule has 0 aromatic heterocycles. The van der Waals surface area contributed by atoms with Gasteiger partial charge < -0.3 is 14.6 Å². The first-order valence-electron chi connectivity index (χ1n) is 5.25. The van der Waals surface area contributed by atoms with Crippen molar-refractivity contribution in [1.82, 2.24) is 5.06 Å². The molecule has 0 heterocycles. The van der Waals surface area contributed by atoms with Gasteiger partial charge in [-0.15, -0.1) is 0 Å². The summed E-state index contributed by atoms with van der Waals surface area (Å²) in [6, 6.07) is 0. The number of hydrogen-bond acceptors (Lipinski definition) is 4. The van der Waals surface area contributed by atoms with Gasteiger partial charge >= 0.3 is 7.60 Å². The molecule has 0 radical (unpaired) electrons. The first-order valence-corrected chi connectivity index (χ1v) is 7.05. The number of ketones is 1. The van der Waals surface area contributed by atoms with Gasteiger partial charge in [0.15, 0.2) is 0 Å². The van der Waals surface area contributed by atoms with Gasteiger partial charge in [0.1, 0.15) is 5.78 Å². The summed E-state index contributed by atoms with van der Waals surface area (Å²) >= 11 is 0. The molecule has 8 heteroatoms. The summed E-state index contributed by atoms with van der Waals surface area (Å²) in [6.07, 6.45) is 0.349. The van der Waals surface area contributed by atoms with Crippen LogP contribution in [0.5, 0.6) is 0 Å². The van der Waals surface area contributed by atoms with Crippen LogP contribution in [0, 0.1) is 0 Å². The number of hydroxylamine groups is 2. The average molecular weight is 267 g/mol. The van der Waals surface area contributed by atoms with Crippen molar-refractivity contribution >= 4 is 19.3 Å². The lowest BCUT2D eigenvalue weighted by Gasteiger charge is -2.14. The summed E-state index contributed by atoms with van der Waals surface area (Å²) in [4.78, 5) is 39.0. The first-order chi connectivity index (χ1) is 7.72. The van der Waals surface area contributed by atoms with Crippen LogP contribution in [-0.4, -0.2) is 44.5 Å². The van der Waals surface area contributed by atoms with Gasteiger partial charge in [0.05, 0.1) is 6.16 Å². The fourth-order valence-corrected chi connectivity index (χ4v) is 1.72. The lowest BCUT2D eigenvalue weighted by atomic mass is 10.2. The van der Waals surface area contributed by atoms with Crippen LogP contribution in [-0.2, 0) is 14.2 Å². The third kappa shape index (κ3) is 10.1. The van der Waals surface area contributed by atoms with Crippen molar-refractivity contribution in [3.05, 3.63) is 0 Å². The number of amides is 1. The molecular weight excluding hydrogens is 249 g/mol. The van der Waals surface area contributed by atoms with Crippen molar-refractivity contribution in [3.8, 4) is 0 Å². The lowest BCUT2D eigenvalue weighted by molar-refractivity contribution is -0.165. The number of carbonyl (C=O) groups excluding carboxylic acids is 2. The fourth-order valence-electron chi connectivity index (χ4n) is 1.17. The quantitative estimate of drug-likeness (QED) is 0.335. The van der Waals surface area contributed by atoms with Crippen LogP contribution in [0.2, 0.25) is 0 Å². The molecule has 100 valence electrons. The molecule has 0 saturated heterocycles. The van der Waals surface area contributed by atoms with Crippen LogP contribution in [0.25, 0.3) is 0 Å². The van der Waals surface area contributed by atoms with Crippen molar-refractivity contribution < 1.29 is 29.1 Å². The van der Waals surface area contributed by atoms with Crippen LogP contribution < -0.4 is 0 Å². The number of hydrogen-bond donors (Lipinski definition) is 3. The standard InChI is InChI=1S/C9H18NO6P/c1-8(11)4-2-5-9(12)10(13)6-3-7-17(14,15)16/h13H,2-7H2,1H3,(H2,14,15,16). The Labute approximate surface area is 99.5 Å². The van der Waals surface area contributed by atoms with Crippen molar-refractivity contribution in [3.63, 3.8) is 0 Å². The minimum absolute atomic E-state index is 0.0243. The maximum absolute atomic E-state index is 11.3. The summed E-state index contributed by atoms with van der Waals surface area (Å²) in [5, 5.41) is 9.67. The molecule has 0 rings (SSSR count). The summed E-state index contributed by atoms with van der Waals surface area (Å²) < 4.78 is 10.5. The first kappa shape index (κ1) is 16.2. The minimum atomic E-state index is -4.08. The molecule has 0 fully saturated rings. The Kier molecular flexibility index (Phi) is 7.22. The van der Waals surface area contributed by atoms with Gasteiger partial charge in [0, 0.05) is 19.4 Å². The number of carbonyl (C=O) groups is 2. The van der Waals surface area contributed by atoms with Gasteiger partial charge in [-0.2, -0.15) is 0 Å². The van der Waals surface area contributed by atoms with E-state index in [-0.39, 0.29) is 37.8 Å². The Balaban J connectivity index is 3.75. The number of rotatable bonds is 8. The maximum Gasteiger partial charge on any atom is 0.325 e. The molecule has 0 aromatic rings. The van der Waals surface area contributed by atoms with Gasteiger partial charge in [-0.25, -0.2) is 5.06 Å². The smallest absolute Gasteiger partial charge is 0.324 e. The van der Waals surface area contributed by atoms with E-state index in [1.807, 2.05) is 0 Å². The molecule has 17 heavy (non-hydrogen) atoms. The van der Waals surface area contributed by atoms with E-state index < -0.39 is 13.5 Å². The monoisotopic (exact) mass is 267 g/mol. The third-order valence-corrected chi connectivity index (χ3v) is 2.93. The highest BCUT2D eigenvalue weighted by molar-refractivity contribution is 7.51. The van der Waals surface area contributed by atoms with Crippen LogP contribution in [0.3, 0.4) is 0 Å². The van der Waals surface area contributed by atoms with Gasteiger partial charge in [0.25, 0.3) is 0 Å². The SMILES string of the molecule is CC(=O)CCCC(=O)N(O)CCCP(=O)(O)O. The normalized spacial score (nSPS) is 11.3. The average Bonchev–Trinajstić information content (AvgIpc) is 2.14. The Bertz CT molecular complexity index is 313. The highest BCUT2D eigenvalue weighted by Gasteiger charge is 2.15. The van der Waals surface area contributed by atoms with Crippen molar-refractivity contribution in [1.29, 1.82) is 0 Å². The van der Waals surface area contributed by atoms with Crippen molar-refractivity contribution in [2.75, 3.05) is 12.7 Å². The zero-order valence-electron chi connectivity index (χ0n) is 9.70. The lowest BCUT2D eigenvalue weighted by Crippen LogP contribution is -2.28. The van der Waals surface area contributed by atoms with E-state index in [4.69, 9.17) is 9.79 Å². The zero-order chi connectivity index (χ0) is 13.5. The molecule has 7 nitrogen and oxygen atoms in total. The Hall–Kier alpha value is -0.750. The molecule has 0 unspecified atom stereocenters. The summed E-state index contributed by atoms with van der Waals surface area (Å²) in [5.74, 6) is -0.569. The molecular formula is C9H18NO6P. The molecule has 0 atom stereocenters. The van der Waals surface area contributed by atoms with Crippen molar-refractivity contribution in [2.24, 2.45) is 0 Å². The second-order valence-corrected chi connectivity index (χ2v) is 5.59. The third-order valence-electron chi connectivity index (χ3n) is 2.03. The van der Waals surface area contributed by atoms with E-state index in [9.17, 15) is 19.4 Å². The van der Waals surface area contributed by atoms with Crippen LogP contribution in [0.15, 0.2) is 0 Å². The number of nitrogens with zero attached hydrogens (tertiary/aromatic N) is 1. The summed E-state index contributed by atoms with van der Waals surface area (Å²) in [6.45, 7) is 1.30. The summed E-state index contributed by atoms with van der Waals surface area (Å²) in [7, 11) is -4.08. The predicted molar refractivity (Wildman–Crippen MR) is 59.6 cm³/mol. The molecule has 0 aliphatic carbocycles. The largest absolute Gasteiger partial charge is 0.325 e. The van der Waals surface area contributed by atoms with E-state index in [1.54, 1.807) is 0 Å². The highest BCUT2D eigenvalue weighted by atomic mass is 31.2. The van der Waals surface area contributed by atoms with Crippen LogP contribution in [0.1, 0.15) is 32.6 Å². The second kappa shape index (κ2) is 7.55. The molecule has 0 aliphatic heterocycles. The molecule has 0 aromatic carbocycles. The fraction of sp³-hybridized carbons (Fsp3) is 0.778. The Morgan fingerprint density at radius 3 is 2.24 bits per heavy atom. The molecule has 0 aliphatic rings. The molecule has 3 N–H and O–H groups in total. The topological polar surface area (TPSA) is 115 Å².